The first kappa shape index (κ1) is 13.6. The van der Waals surface area contributed by atoms with Gasteiger partial charge in [0.15, 0.2) is 0 Å². The second kappa shape index (κ2) is 4.45. The Kier molecular flexibility index (Phi) is 2.75. The van der Waals surface area contributed by atoms with Gasteiger partial charge >= 0.3 is 0 Å². The fourth-order valence-electron chi connectivity index (χ4n) is 4.16. The van der Waals surface area contributed by atoms with E-state index < -0.39 is 0 Å². The molecule has 0 spiro atoms. The zero-order valence-electron chi connectivity index (χ0n) is 13.4. The minimum atomic E-state index is 0.124. The van der Waals surface area contributed by atoms with Crippen LogP contribution in [0.2, 0.25) is 0 Å². The Morgan fingerprint density at radius 1 is 1.14 bits per heavy atom. The quantitative estimate of drug-likeness (QED) is 0.707. The third kappa shape index (κ3) is 1.90. The van der Waals surface area contributed by atoms with Gasteiger partial charge in [-0.3, -0.25) is 4.79 Å². The zero-order valence-corrected chi connectivity index (χ0v) is 13.4. The van der Waals surface area contributed by atoms with Crippen molar-refractivity contribution in [3.8, 4) is 0 Å². The van der Waals surface area contributed by atoms with E-state index in [-0.39, 0.29) is 11.3 Å². The highest BCUT2D eigenvalue weighted by Gasteiger charge is 2.39. The number of rotatable bonds is 0. The van der Waals surface area contributed by atoms with Gasteiger partial charge in [0.25, 0.3) is 5.91 Å². The second-order valence-electron chi connectivity index (χ2n) is 7.34. The van der Waals surface area contributed by atoms with E-state index in [1.54, 1.807) is 0 Å². The van der Waals surface area contributed by atoms with Crippen LogP contribution in [0.3, 0.4) is 0 Å². The van der Waals surface area contributed by atoms with E-state index >= 15 is 0 Å². The fourth-order valence-corrected chi connectivity index (χ4v) is 4.16. The van der Waals surface area contributed by atoms with Crippen LogP contribution < -0.4 is 4.90 Å². The lowest BCUT2D eigenvalue weighted by Gasteiger charge is -2.20. The van der Waals surface area contributed by atoms with E-state index in [2.05, 4.69) is 56.3 Å². The number of fused-ring (bicyclic) bond motifs is 4. The molecule has 1 aliphatic carbocycles. The van der Waals surface area contributed by atoms with Crippen molar-refractivity contribution < 1.29 is 4.79 Å². The second-order valence-corrected chi connectivity index (χ2v) is 7.34. The highest BCUT2D eigenvalue weighted by atomic mass is 16.2. The topological polar surface area (TPSA) is 20.3 Å². The Hall–Kier alpha value is -2.09. The third-order valence-electron chi connectivity index (χ3n) is 5.14. The average molecular weight is 291 g/mol. The molecule has 1 heterocycles. The Morgan fingerprint density at radius 3 is 2.73 bits per heavy atom. The van der Waals surface area contributed by atoms with Crippen LogP contribution >= 0.6 is 0 Å². The van der Waals surface area contributed by atoms with Crippen LogP contribution in [0.1, 0.15) is 25.8 Å². The summed E-state index contributed by atoms with van der Waals surface area (Å²) in [6, 6.07) is 12.7. The molecule has 0 fully saturated rings. The molecule has 1 atom stereocenters. The Bertz CT molecular complexity index is 816. The zero-order chi connectivity index (χ0) is 15.5. The van der Waals surface area contributed by atoms with Crippen LogP contribution in [0, 0.1) is 11.3 Å². The van der Waals surface area contributed by atoms with Crippen molar-refractivity contribution in [2.75, 3.05) is 11.9 Å². The summed E-state index contributed by atoms with van der Waals surface area (Å²) in [5, 5.41) is 2.54. The summed E-state index contributed by atoms with van der Waals surface area (Å²) in [6.07, 6.45) is 4.22. The highest BCUT2D eigenvalue weighted by molar-refractivity contribution is 6.09. The first-order chi connectivity index (χ1) is 10.5. The number of hydrogen-bond donors (Lipinski definition) is 0. The molecule has 0 unspecified atom stereocenters. The smallest absolute Gasteiger partial charge is 0.253 e. The Morgan fingerprint density at radius 2 is 1.91 bits per heavy atom. The van der Waals surface area contributed by atoms with Crippen LogP contribution in [0.4, 0.5) is 5.69 Å². The number of hydrogen-bond acceptors (Lipinski definition) is 1. The molecule has 22 heavy (non-hydrogen) atoms. The lowest BCUT2D eigenvalue weighted by molar-refractivity contribution is -0.115. The maximum Gasteiger partial charge on any atom is 0.253 e. The summed E-state index contributed by atoms with van der Waals surface area (Å²) < 4.78 is 0. The van der Waals surface area contributed by atoms with Gasteiger partial charge in [0.1, 0.15) is 0 Å². The van der Waals surface area contributed by atoms with Crippen LogP contribution in [0.15, 0.2) is 48.0 Å². The molecular weight excluding hydrogens is 270 g/mol. The molecule has 0 bridgehead atoms. The van der Waals surface area contributed by atoms with Gasteiger partial charge in [0.2, 0.25) is 0 Å². The predicted molar refractivity (Wildman–Crippen MR) is 91.0 cm³/mol. The molecular formula is C20H21NO. The molecule has 0 saturated carbocycles. The van der Waals surface area contributed by atoms with E-state index in [4.69, 9.17) is 0 Å². The minimum absolute atomic E-state index is 0.124. The molecule has 1 amide bonds. The van der Waals surface area contributed by atoms with Crippen LogP contribution in [-0.2, 0) is 11.2 Å². The molecule has 112 valence electrons. The summed E-state index contributed by atoms with van der Waals surface area (Å²) in [7, 11) is 1.91. The maximum atomic E-state index is 12.9. The van der Waals surface area contributed by atoms with Gasteiger partial charge in [-0.15, -0.1) is 0 Å². The molecule has 2 aromatic rings. The van der Waals surface area contributed by atoms with E-state index in [0.717, 1.165) is 24.1 Å². The number of amides is 1. The van der Waals surface area contributed by atoms with Gasteiger partial charge in [0.05, 0.1) is 0 Å². The van der Waals surface area contributed by atoms with E-state index in [1.165, 1.54) is 16.3 Å². The number of allylic oxidation sites excluding steroid dienone is 1. The van der Waals surface area contributed by atoms with Crippen molar-refractivity contribution in [3.05, 3.63) is 53.6 Å². The normalized spacial score (nSPS) is 23.0. The van der Waals surface area contributed by atoms with Crippen molar-refractivity contribution in [1.29, 1.82) is 0 Å². The van der Waals surface area contributed by atoms with Crippen LogP contribution in [0.5, 0.6) is 0 Å². The highest BCUT2D eigenvalue weighted by Crippen LogP contribution is 2.46. The molecule has 0 saturated heterocycles. The third-order valence-corrected chi connectivity index (χ3v) is 5.14. The number of nitrogens with zero attached hydrogens (tertiary/aromatic N) is 1. The van der Waals surface area contributed by atoms with Gasteiger partial charge in [0, 0.05) is 18.3 Å². The summed E-state index contributed by atoms with van der Waals surface area (Å²) in [4.78, 5) is 14.7. The van der Waals surface area contributed by atoms with Crippen LogP contribution in [0.25, 0.3) is 10.8 Å². The van der Waals surface area contributed by atoms with Crippen molar-refractivity contribution in [2.24, 2.45) is 11.3 Å². The van der Waals surface area contributed by atoms with Gasteiger partial charge in [-0.25, -0.2) is 0 Å². The van der Waals surface area contributed by atoms with Crippen LogP contribution in [-0.4, -0.2) is 13.0 Å². The summed E-state index contributed by atoms with van der Waals surface area (Å²) >= 11 is 0. The number of likely N-dealkylation sites (N-methyl/N-ethyl adjacent to an activating group) is 1. The predicted octanol–water partition coefficient (Wildman–Crippen LogP) is 4.33. The number of carbonyl (C=O) groups is 1. The molecule has 2 aromatic carbocycles. The van der Waals surface area contributed by atoms with Gasteiger partial charge in [-0.2, -0.15) is 0 Å². The van der Waals surface area contributed by atoms with Crippen molar-refractivity contribution in [1.82, 2.24) is 0 Å². The molecule has 1 aliphatic heterocycles. The van der Waals surface area contributed by atoms with Gasteiger partial charge in [-0.1, -0.05) is 50.3 Å². The fraction of sp³-hybridized carbons (Fsp3) is 0.350. The molecule has 2 aliphatic rings. The van der Waals surface area contributed by atoms with E-state index in [1.807, 2.05) is 11.9 Å². The Balaban J connectivity index is 1.94. The first-order valence-corrected chi connectivity index (χ1v) is 7.98. The molecule has 0 aromatic heterocycles. The lowest BCUT2D eigenvalue weighted by Crippen LogP contribution is -2.27. The SMILES string of the molecule is CN1C(=O)C2=CC(C)(C)C[C@@H]2Cc2c1ccc1ccccc21. The molecule has 4 rings (SSSR count). The number of benzene rings is 2. The first-order valence-electron chi connectivity index (χ1n) is 7.98. The molecule has 0 radical (unpaired) electrons. The average Bonchev–Trinajstić information content (AvgIpc) is 2.76. The Labute approximate surface area is 131 Å². The number of carbonyl (C=O) groups excluding carboxylic acids is 1. The van der Waals surface area contributed by atoms with Crippen molar-refractivity contribution >= 4 is 22.4 Å². The molecule has 2 nitrogen and oxygen atoms in total. The lowest BCUT2D eigenvalue weighted by atomic mass is 9.86. The van der Waals surface area contributed by atoms with E-state index in [9.17, 15) is 4.79 Å². The largest absolute Gasteiger partial charge is 0.311 e. The van der Waals surface area contributed by atoms with Gasteiger partial charge in [-0.05, 0) is 46.6 Å². The monoisotopic (exact) mass is 291 g/mol. The summed E-state index contributed by atoms with van der Waals surface area (Å²) in [6.45, 7) is 4.46. The molecule has 2 heteroatoms. The van der Waals surface area contributed by atoms with E-state index in [0.29, 0.717) is 5.92 Å². The summed E-state index contributed by atoms with van der Waals surface area (Å²) in [5.41, 5.74) is 3.52. The summed E-state index contributed by atoms with van der Waals surface area (Å²) in [5.74, 6) is 0.515. The minimum Gasteiger partial charge on any atom is -0.311 e. The van der Waals surface area contributed by atoms with Crippen molar-refractivity contribution in [2.45, 2.75) is 26.7 Å². The molecule has 0 N–H and O–H groups in total. The van der Waals surface area contributed by atoms with Gasteiger partial charge < -0.3 is 4.90 Å². The maximum absolute atomic E-state index is 12.9. The number of anilines is 1. The van der Waals surface area contributed by atoms with Crippen molar-refractivity contribution in [3.63, 3.8) is 0 Å². The standard InChI is InChI=1S/C20H21NO/c1-20(2)11-14-10-16-15-7-5-4-6-13(15)8-9-18(16)21(3)19(22)17(14)12-20/h4-9,12,14H,10-11H2,1-3H3/t14-/m0/s1.